The molecule has 2 aromatic rings. The summed E-state index contributed by atoms with van der Waals surface area (Å²) >= 11 is 0. The maximum atomic E-state index is 12.2. The van der Waals surface area contributed by atoms with Crippen molar-refractivity contribution in [1.82, 2.24) is 5.43 Å². The molecule has 0 unspecified atom stereocenters. The summed E-state index contributed by atoms with van der Waals surface area (Å²) in [5.74, 6) is 0.248. The van der Waals surface area contributed by atoms with Crippen molar-refractivity contribution in [3.05, 3.63) is 64.2 Å². The molecule has 1 atom stereocenters. The van der Waals surface area contributed by atoms with Crippen LogP contribution in [0.25, 0.3) is 0 Å². The van der Waals surface area contributed by atoms with Crippen LogP contribution in [0.2, 0.25) is 0 Å². The van der Waals surface area contributed by atoms with E-state index in [-0.39, 0.29) is 17.5 Å². The van der Waals surface area contributed by atoms with Crippen LogP contribution in [0.15, 0.2) is 48.5 Å². The molecule has 2 N–H and O–H groups in total. The number of benzene rings is 2. The second kappa shape index (κ2) is 8.30. The maximum absolute atomic E-state index is 12.2. The van der Waals surface area contributed by atoms with Crippen LogP contribution in [0.4, 0.5) is 11.4 Å². The zero-order valence-corrected chi connectivity index (χ0v) is 14.0. The van der Waals surface area contributed by atoms with Crippen molar-refractivity contribution in [1.29, 1.82) is 0 Å². The molecule has 0 spiro atoms. The van der Waals surface area contributed by atoms with Gasteiger partial charge >= 0.3 is 0 Å². The fourth-order valence-corrected chi connectivity index (χ4v) is 2.60. The van der Waals surface area contributed by atoms with E-state index in [1.807, 2.05) is 0 Å². The number of nitro benzene ring substituents is 1. The number of carbonyl (C=O) groups excluding carboxylic acids is 1. The number of anilines is 1. The Balaban J connectivity index is 1.54. The minimum Gasteiger partial charge on any atom is -0.491 e. The summed E-state index contributed by atoms with van der Waals surface area (Å²) in [7, 11) is 0. The van der Waals surface area contributed by atoms with E-state index in [0.717, 1.165) is 19.4 Å². The molecule has 1 amide bonds. The first-order valence-corrected chi connectivity index (χ1v) is 8.28. The third-order valence-electron chi connectivity index (χ3n) is 3.99. The lowest BCUT2D eigenvalue weighted by Gasteiger charge is -2.12. The minimum atomic E-state index is -0.519. The van der Waals surface area contributed by atoms with E-state index in [1.54, 1.807) is 36.4 Å². The molecule has 1 saturated heterocycles. The quantitative estimate of drug-likeness (QED) is 0.583. The Morgan fingerprint density at radius 2 is 2.00 bits per heavy atom. The van der Waals surface area contributed by atoms with E-state index in [0.29, 0.717) is 17.9 Å². The number of carbonyl (C=O) groups is 1. The van der Waals surface area contributed by atoms with Crippen molar-refractivity contribution in [2.45, 2.75) is 18.9 Å². The summed E-state index contributed by atoms with van der Waals surface area (Å²) in [6, 6.07) is 12.7. The van der Waals surface area contributed by atoms with Crippen LogP contribution in [-0.2, 0) is 4.74 Å². The lowest BCUT2D eigenvalue weighted by Crippen LogP contribution is -2.29. The van der Waals surface area contributed by atoms with Gasteiger partial charge in [-0.05, 0) is 43.2 Å². The number of para-hydroxylation sites is 2. The van der Waals surface area contributed by atoms with E-state index in [1.165, 1.54) is 12.1 Å². The number of hydrogen-bond acceptors (Lipinski definition) is 6. The summed E-state index contributed by atoms with van der Waals surface area (Å²) in [5.41, 5.74) is 5.53. The molecule has 8 nitrogen and oxygen atoms in total. The Hall–Kier alpha value is -3.13. The number of amides is 1. The van der Waals surface area contributed by atoms with Crippen LogP contribution >= 0.6 is 0 Å². The van der Waals surface area contributed by atoms with Crippen LogP contribution in [0.3, 0.4) is 0 Å². The van der Waals surface area contributed by atoms with Gasteiger partial charge in [-0.25, -0.2) is 0 Å². The topological polar surface area (TPSA) is 103 Å². The molecule has 8 heteroatoms. The van der Waals surface area contributed by atoms with Gasteiger partial charge in [-0.1, -0.05) is 12.1 Å². The van der Waals surface area contributed by atoms with E-state index in [9.17, 15) is 14.9 Å². The zero-order valence-electron chi connectivity index (χ0n) is 14.0. The van der Waals surface area contributed by atoms with Crippen molar-refractivity contribution in [2.24, 2.45) is 0 Å². The molecule has 136 valence electrons. The van der Waals surface area contributed by atoms with Gasteiger partial charge in [0.05, 0.1) is 11.0 Å². The van der Waals surface area contributed by atoms with Crippen LogP contribution in [-0.4, -0.2) is 30.1 Å². The molecule has 1 aliphatic rings. The average Bonchev–Trinajstić information content (AvgIpc) is 3.18. The van der Waals surface area contributed by atoms with Crippen LogP contribution in [0, 0.1) is 10.1 Å². The summed E-state index contributed by atoms with van der Waals surface area (Å²) < 4.78 is 11.1. The van der Waals surface area contributed by atoms with Crippen LogP contribution < -0.4 is 15.6 Å². The highest BCUT2D eigenvalue weighted by Gasteiger charge is 2.16. The largest absolute Gasteiger partial charge is 0.491 e. The van der Waals surface area contributed by atoms with Gasteiger partial charge in [0.15, 0.2) is 0 Å². The molecule has 0 aliphatic carbocycles. The second-order valence-electron chi connectivity index (χ2n) is 5.82. The molecule has 1 aliphatic heterocycles. The smallest absolute Gasteiger partial charge is 0.294 e. The number of hydrogen-bond donors (Lipinski definition) is 2. The molecule has 0 radical (unpaired) electrons. The Bertz CT molecular complexity index is 773. The first-order valence-electron chi connectivity index (χ1n) is 8.28. The van der Waals surface area contributed by atoms with Gasteiger partial charge in [0.1, 0.15) is 18.0 Å². The molecular weight excluding hydrogens is 338 g/mol. The standard InChI is InChI=1S/C18H19N3O5/c22-18(20-19-16-5-1-2-6-17(16)21(23)24)13-7-9-14(10-8-13)26-12-15-4-3-11-25-15/h1-2,5-10,15,19H,3-4,11-12H2,(H,20,22)/t15-/m1/s1. The summed E-state index contributed by atoms with van der Waals surface area (Å²) in [5, 5.41) is 11.0. The Kier molecular flexibility index (Phi) is 5.65. The predicted octanol–water partition coefficient (Wildman–Crippen LogP) is 2.91. The van der Waals surface area contributed by atoms with E-state index >= 15 is 0 Å². The third kappa shape index (κ3) is 4.48. The SMILES string of the molecule is O=C(NNc1ccccc1[N+](=O)[O-])c1ccc(OC[C@H]2CCCO2)cc1. The van der Waals surface area contributed by atoms with Crippen molar-refractivity contribution < 1.29 is 19.2 Å². The number of rotatable bonds is 7. The monoisotopic (exact) mass is 357 g/mol. The summed E-state index contributed by atoms with van der Waals surface area (Å²) in [6.07, 6.45) is 2.18. The molecule has 26 heavy (non-hydrogen) atoms. The highest BCUT2D eigenvalue weighted by Crippen LogP contribution is 2.22. The van der Waals surface area contributed by atoms with Crippen molar-refractivity contribution >= 4 is 17.3 Å². The number of ether oxygens (including phenoxy) is 2. The highest BCUT2D eigenvalue weighted by atomic mass is 16.6. The first kappa shape index (κ1) is 17.7. The number of nitrogens with zero attached hydrogens (tertiary/aromatic N) is 1. The Labute approximate surface area is 150 Å². The normalized spacial score (nSPS) is 16.1. The van der Waals surface area contributed by atoms with Gasteiger partial charge in [0.2, 0.25) is 0 Å². The lowest BCUT2D eigenvalue weighted by atomic mass is 10.2. The van der Waals surface area contributed by atoms with Gasteiger partial charge in [0, 0.05) is 18.2 Å². The Morgan fingerprint density at radius 1 is 1.23 bits per heavy atom. The molecule has 0 saturated carbocycles. The zero-order chi connectivity index (χ0) is 18.4. The lowest BCUT2D eigenvalue weighted by molar-refractivity contribution is -0.384. The molecule has 0 aromatic heterocycles. The minimum absolute atomic E-state index is 0.120. The van der Waals surface area contributed by atoms with Crippen LogP contribution in [0.5, 0.6) is 5.75 Å². The highest BCUT2D eigenvalue weighted by molar-refractivity contribution is 5.95. The van der Waals surface area contributed by atoms with Gasteiger partial charge in [0.25, 0.3) is 11.6 Å². The van der Waals surface area contributed by atoms with Crippen LogP contribution in [0.1, 0.15) is 23.2 Å². The van der Waals surface area contributed by atoms with Crippen molar-refractivity contribution in [2.75, 3.05) is 18.6 Å². The molecule has 1 fully saturated rings. The van der Waals surface area contributed by atoms with Crippen molar-refractivity contribution in [3.8, 4) is 5.75 Å². The third-order valence-corrected chi connectivity index (χ3v) is 3.99. The van der Waals surface area contributed by atoms with Gasteiger partial charge < -0.3 is 9.47 Å². The molecule has 2 aromatic carbocycles. The number of nitrogens with one attached hydrogen (secondary N) is 2. The predicted molar refractivity (Wildman–Crippen MR) is 95.1 cm³/mol. The fraction of sp³-hybridized carbons (Fsp3) is 0.278. The molecule has 3 rings (SSSR count). The first-order chi connectivity index (χ1) is 12.6. The number of hydrazine groups is 1. The van der Waals surface area contributed by atoms with Gasteiger partial charge in [-0.15, -0.1) is 0 Å². The van der Waals surface area contributed by atoms with E-state index in [4.69, 9.17) is 9.47 Å². The van der Waals surface area contributed by atoms with Crippen molar-refractivity contribution in [3.63, 3.8) is 0 Å². The van der Waals surface area contributed by atoms with Gasteiger partial charge in [-0.3, -0.25) is 25.8 Å². The fourth-order valence-electron chi connectivity index (χ4n) is 2.60. The van der Waals surface area contributed by atoms with E-state index in [2.05, 4.69) is 10.9 Å². The summed E-state index contributed by atoms with van der Waals surface area (Å²) in [6.45, 7) is 1.27. The molecule has 0 bridgehead atoms. The Morgan fingerprint density at radius 3 is 2.69 bits per heavy atom. The van der Waals surface area contributed by atoms with Gasteiger partial charge in [-0.2, -0.15) is 0 Å². The summed E-state index contributed by atoms with van der Waals surface area (Å²) in [4.78, 5) is 22.6. The second-order valence-corrected chi connectivity index (χ2v) is 5.82. The number of nitro groups is 1. The maximum Gasteiger partial charge on any atom is 0.294 e. The average molecular weight is 357 g/mol. The molecular formula is C18H19N3O5. The van der Waals surface area contributed by atoms with E-state index < -0.39 is 10.8 Å². The molecule has 1 heterocycles.